The molecule has 1 rings (SSSR count). The van der Waals surface area contributed by atoms with Gasteiger partial charge in [-0.3, -0.25) is 9.78 Å². The third-order valence-electron chi connectivity index (χ3n) is 2.04. The predicted octanol–water partition coefficient (Wildman–Crippen LogP) is 0.972. The van der Waals surface area contributed by atoms with Crippen LogP contribution in [0.1, 0.15) is 16.1 Å². The monoisotopic (exact) mass is 208 g/mol. The van der Waals surface area contributed by atoms with Gasteiger partial charge < -0.3 is 9.64 Å². The minimum atomic E-state index is -0.0270. The maximum atomic E-state index is 11.5. The van der Waals surface area contributed by atoms with Crippen molar-refractivity contribution in [3.05, 3.63) is 29.6 Å². The van der Waals surface area contributed by atoms with Crippen molar-refractivity contribution < 1.29 is 9.53 Å². The molecule has 1 heterocycles. The predicted molar refractivity (Wildman–Crippen MR) is 57.8 cm³/mol. The molecule has 0 spiro atoms. The molecule has 0 saturated carbocycles. The van der Waals surface area contributed by atoms with E-state index in [4.69, 9.17) is 4.74 Å². The molecule has 0 unspecified atom stereocenters. The number of ether oxygens (including phenoxy) is 1. The summed E-state index contributed by atoms with van der Waals surface area (Å²) in [4.78, 5) is 17.3. The first-order valence-electron chi connectivity index (χ1n) is 4.80. The van der Waals surface area contributed by atoms with Gasteiger partial charge in [0.1, 0.15) is 0 Å². The van der Waals surface area contributed by atoms with Crippen LogP contribution in [-0.4, -0.2) is 43.6 Å². The number of nitrogens with zero attached hydrogens (tertiary/aromatic N) is 2. The number of aromatic nitrogens is 1. The van der Waals surface area contributed by atoms with Gasteiger partial charge in [-0.05, 0) is 12.1 Å². The van der Waals surface area contributed by atoms with Crippen LogP contribution in [0.5, 0.6) is 0 Å². The van der Waals surface area contributed by atoms with Crippen LogP contribution in [0, 0.1) is 0 Å². The van der Waals surface area contributed by atoms with Crippen LogP contribution >= 0.6 is 0 Å². The van der Waals surface area contributed by atoms with Gasteiger partial charge >= 0.3 is 0 Å². The molecule has 0 aliphatic rings. The molecule has 82 valence electrons. The van der Waals surface area contributed by atoms with Crippen molar-refractivity contribution in [1.82, 2.24) is 9.88 Å². The first-order chi connectivity index (χ1) is 7.15. The highest BCUT2D eigenvalue weighted by Gasteiger charge is 2.07. The van der Waals surface area contributed by atoms with Crippen molar-refractivity contribution in [3.8, 4) is 0 Å². The van der Waals surface area contributed by atoms with Gasteiger partial charge in [0.25, 0.3) is 5.91 Å². The third-order valence-corrected chi connectivity index (χ3v) is 2.04. The largest absolute Gasteiger partial charge is 0.384 e. The molecule has 0 N–H and O–H groups in total. The molecule has 0 saturated heterocycles. The summed E-state index contributed by atoms with van der Waals surface area (Å²) in [5.74, 6) is -0.0270. The number of hydrogen-bond donors (Lipinski definition) is 0. The van der Waals surface area contributed by atoms with E-state index in [9.17, 15) is 4.79 Å². The topological polar surface area (TPSA) is 42.4 Å². The number of carbonyl (C=O) groups excluding carboxylic acids is 1. The Bertz CT molecular complexity index is 320. The van der Waals surface area contributed by atoms with Gasteiger partial charge in [-0.25, -0.2) is 0 Å². The van der Waals surface area contributed by atoms with Gasteiger partial charge in [0.2, 0.25) is 0 Å². The lowest BCUT2D eigenvalue weighted by Gasteiger charge is -2.09. The number of hydrogen-bond acceptors (Lipinski definition) is 3. The summed E-state index contributed by atoms with van der Waals surface area (Å²) in [7, 11) is 5.10. The highest BCUT2D eigenvalue weighted by molar-refractivity contribution is 5.93. The standard InChI is InChI=1S/C11H16N2O2/c1-13(2)11(14)9-4-5-10(12-8-9)6-7-15-3/h4-5,8H,6-7H2,1-3H3. The van der Waals surface area contributed by atoms with Gasteiger partial charge in [-0.1, -0.05) is 0 Å². The fourth-order valence-corrected chi connectivity index (χ4v) is 1.16. The number of methoxy groups -OCH3 is 1. The Hall–Kier alpha value is -1.42. The van der Waals surface area contributed by atoms with Crippen molar-refractivity contribution in [2.24, 2.45) is 0 Å². The van der Waals surface area contributed by atoms with E-state index < -0.39 is 0 Å². The fourth-order valence-electron chi connectivity index (χ4n) is 1.16. The van der Waals surface area contributed by atoms with E-state index in [0.717, 1.165) is 12.1 Å². The lowest BCUT2D eigenvalue weighted by atomic mass is 10.2. The second-order valence-corrected chi connectivity index (χ2v) is 3.48. The average molecular weight is 208 g/mol. The van der Waals surface area contributed by atoms with E-state index in [-0.39, 0.29) is 5.91 Å². The Morgan fingerprint density at radius 1 is 1.47 bits per heavy atom. The van der Waals surface area contributed by atoms with Crippen LogP contribution in [0.25, 0.3) is 0 Å². The SMILES string of the molecule is COCCc1ccc(C(=O)N(C)C)cn1. The summed E-state index contributed by atoms with van der Waals surface area (Å²) in [6.45, 7) is 0.647. The summed E-state index contributed by atoms with van der Waals surface area (Å²) in [6.07, 6.45) is 2.38. The Morgan fingerprint density at radius 3 is 2.67 bits per heavy atom. The Kier molecular flexibility index (Phi) is 4.24. The molecule has 0 aliphatic carbocycles. The minimum absolute atomic E-state index is 0.0270. The zero-order chi connectivity index (χ0) is 11.3. The minimum Gasteiger partial charge on any atom is -0.384 e. The molecule has 0 aliphatic heterocycles. The Morgan fingerprint density at radius 2 is 2.20 bits per heavy atom. The molecule has 1 amide bonds. The lowest BCUT2D eigenvalue weighted by molar-refractivity contribution is 0.0827. The zero-order valence-electron chi connectivity index (χ0n) is 9.36. The van der Waals surface area contributed by atoms with Crippen LogP contribution in [0.15, 0.2) is 18.3 Å². The van der Waals surface area contributed by atoms with Crippen molar-refractivity contribution in [1.29, 1.82) is 0 Å². The average Bonchev–Trinajstić information content (AvgIpc) is 2.26. The fraction of sp³-hybridized carbons (Fsp3) is 0.455. The van der Waals surface area contributed by atoms with E-state index in [1.165, 1.54) is 4.90 Å². The molecule has 0 fully saturated rings. The molecule has 1 aromatic rings. The molecule has 15 heavy (non-hydrogen) atoms. The molecule has 1 aromatic heterocycles. The summed E-state index contributed by atoms with van der Waals surface area (Å²) < 4.78 is 4.95. The van der Waals surface area contributed by atoms with Gasteiger partial charge in [0, 0.05) is 39.5 Å². The number of pyridine rings is 1. The van der Waals surface area contributed by atoms with Crippen LogP contribution < -0.4 is 0 Å². The molecule has 0 atom stereocenters. The first-order valence-corrected chi connectivity index (χ1v) is 4.80. The number of carbonyl (C=O) groups is 1. The van der Waals surface area contributed by atoms with E-state index in [1.807, 2.05) is 6.07 Å². The maximum Gasteiger partial charge on any atom is 0.254 e. The summed E-state index contributed by atoms with van der Waals surface area (Å²) in [6, 6.07) is 3.65. The molecule has 0 bridgehead atoms. The zero-order valence-corrected chi connectivity index (χ0v) is 9.36. The van der Waals surface area contributed by atoms with Crippen molar-refractivity contribution >= 4 is 5.91 Å². The molecular weight excluding hydrogens is 192 g/mol. The van der Waals surface area contributed by atoms with Crippen molar-refractivity contribution in [2.45, 2.75) is 6.42 Å². The Labute approximate surface area is 89.9 Å². The maximum absolute atomic E-state index is 11.5. The van der Waals surface area contributed by atoms with E-state index in [2.05, 4.69) is 4.98 Å². The smallest absolute Gasteiger partial charge is 0.254 e. The van der Waals surface area contributed by atoms with Crippen LogP contribution in [0.4, 0.5) is 0 Å². The second kappa shape index (κ2) is 5.46. The molecule has 4 heteroatoms. The number of amides is 1. The third kappa shape index (κ3) is 3.32. The summed E-state index contributed by atoms with van der Waals surface area (Å²) in [5.41, 5.74) is 1.55. The van der Waals surface area contributed by atoms with Crippen LogP contribution in [0.2, 0.25) is 0 Å². The van der Waals surface area contributed by atoms with Gasteiger partial charge in [-0.15, -0.1) is 0 Å². The van der Waals surface area contributed by atoms with Crippen molar-refractivity contribution in [2.75, 3.05) is 27.8 Å². The summed E-state index contributed by atoms with van der Waals surface area (Å²) >= 11 is 0. The number of rotatable bonds is 4. The van der Waals surface area contributed by atoms with E-state index >= 15 is 0 Å². The molecular formula is C11H16N2O2. The van der Waals surface area contributed by atoms with Gasteiger partial charge in [-0.2, -0.15) is 0 Å². The lowest BCUT2D eigenvalue weighted by Crippen LogP contribution is -2.21. The molecule has 4 nitrogen and oxygen atoms in total. The van der Waals surface area contributed by atoms with Gasteiger partial charge in [0.15, 0.2) is 0 Å². The molecule has 0 radical (unpaired) electrons. The van der Waals surface area contributed by atoms with Gasteiger partial charge in [0.05, 0.1) is 12.2 Å². The van der Waals surface area contributed by atoms with E-state index in [1.54, 1.807) is 33.5 Å². The summed E-state index contributed by atoms with van der Waals surface area (Å²) in [5, 5.41) is 0. The van der Waals surface area contributed by atoms with Crippen LogP contribution in [0.3, 0.4) is 0 Å². The Balaban J connectivity index is 2.68. The first kappa shape index (κ1) is 11.7. The van der Waals surface area contributed by atoms with Crippen molar-refractivity contribution in [3.63, 3.8) is 0 Å². The highest BCUT2D eigenvalue weighted by atomic mass is 16.5. The van der Waals surface area contributed by atoms with Crippen LogP contribution in [-0.2, 0) is 11.2 Å². The second-order valence-electron chi connectivity index (χ2n) is 3.48. The highest BCUT2D eigenvalue weighted by Crippen LogP contribution is 2.03. The molecule has 0 aromatic carbocycles. The normalized spacial score (nSPS) is 10.1. The van der Waals surface area contributed by atoms with E-state index in [0.29, 0.717) is 12.2 Å². The quantitative estimate of drug-likeness (QED) is 0.740.